The highest BCUT2D eigenvalue weighted by molar-refractivity contribution is 9.13. The zero-order valence-corrected chi connectivity index (χ0v) is 14.9. The van der Waals surface area contributed by atoms with Crippen molar-refractivity contribution in [1.82, 2.24) is 4.90 Å². The van der Waals surface area contributed by atoms with E-state index in [1.807, 2.05) is 11.0 Å². The molecule has 1 fully saturated rings. The van der Waals surface area contributed by atoms with Crippen molar-refractivity contribution in [3.63, 3.8) is 0 Å². The number of amides is 1. The number of rotatable bonds is 4. The molecule has 3 nitrogen and oxygen atoms in total. The van der Waals surface area contributed by atoms with E-state index in [-0.39, 0.29) is 12.0 Å². The molecule has 1 aromatic heterocycles. The highest BCUT2D eigenvalue weighted by Crippen LogP contribution is 2.33. The van der Waals surface area contributed by atoms with Gasteiger partial charge in [0.15, 0.2) is 0 Å². The van der Waals surface area contributed by atoms with Gasteiger partial charge in [0.2, 0.25) is 0 Å². The van der Waals surface area contributed by atoms with Crippen LogP contribution < -0.4 is 0 Å². The Bertz CT molecular complexity index is 427. The first-order valence-electron chi connectivity index (χ1n) is 6.03. The fourth-order valence-corrected chi connectivity index (χ4v) is 4.14. The molecule has 1 aromatic rings. The van der Waals surface area contributed by atoms with Gasteiger partial charge in [-0.3, -0.25) is 4.79 Å². The summed E-state index contributed by atoms with van der Waals surface area (Å²) in [6.45, 7) is 2.09. The number of hydrogen-bond acceptors (Lipinski definition) is 3. The van der Waals surface area contributed by atoms with Crippen LogP contribution in [0.4, 0.5) is 0 Å². The Morgan fingerprint density at radius 3 is 2.68 bits per heavy atom. The molecule has 0 saturated carbocycles. The molecule has 7 heteroatoms. The van der Waals surface area contributed by atoms with E-state index in [1.54, 1.807) is 0 Å². The largest absolute Gasteiger partial charge is 0.377 e. The standard InChI is InChI=1S/C12H14Br2ClNO2S/c13-9-7-10(19-11(9)14)12(17)16-4-1-8(2-5-16)18-6-3-15/h7-8H,1-6H2. The molecule has 1 aliphatic heterocycles. The fourth-order valence-electron chi connectivity index (χ4n) is 2.04. The molecule has 106 valence electrons. The van der Waals surface area contributed by atoms with Gasteiger partial charge in [-0.25, -0.2) is 0 Å². The molecular formula is C12H14Br2ClNO2S. The lowest BCUT2D eigenvalue weighted by Crippen LogP contribution is -2.40. The summed E-state index contributed by atoms with van der Waals surface area (Å²) in [6, 6.07) is 1.87. The van der Waals surface area contributed by atoms with Crippen LogP contribution in [0.25, 0.3) is 0 Å². The number of piperidine rings is 1. The summed E-state index contributed by atoms with van der Waals surface area (Å²) in [7, 11) is 0. The van der Waals surface area contributed by atoms with Crippen molar-refractivity contribution in [3.05, 3.63) is 19.2 Å². The first-order chi connectivity index (χ1) is 9.11. The summed E-state index contributed by atoms with van der Waals surface area (Å²) in [6.07, 6.45) is 2.01. The number of hydrogen-bond donors (Lipinski definition) is 0. The van der Waals surface area contributed by atoms with Crippen molar-refractivity contribution in [2.75, 3.05) is 25.6 Å². The molecule has 0 unspecified atom stereocenters. The van der Waals surface area contributed by atoms with Gasteiger partial charge < -0.3 is 9.64 Å². The van der Waals surface area contributed by atoms with Crippen molar-refractivity contribution in [2.45, 2.75) is 18.9 Å². The van der Waals surface area contributed by atoms with Crippen LogP contribution >= 0.6 is 54.8 Å². The summed E-state index contributed by atoms with van der Waals surface area (Å²) >= 11 is 13.9. The summed E-state index contributed by atoms with van der Waals surface area (Å²) < 4.78 is 7.49. The molecule has 2 heterocycles. The Labute approximate surface area is 138 Å². The lowest BCUT2D eigenvalue weighted by Gasteiger charge is -2.31. The maximum absolute atomic E-state index is 12.3. The van der Waals surface area contributed by atoms with Crippen LogP contribution in [0.3, 0.4) is 0 Å². The summed E-state index contributed by atoms with van der Waals surface area (Å²) in [5.41, 5.74) is 0. The van der Waals surface area contributed by atoms with Crippen molar-refractivity contribution in [2.24, 2.45) is 0 Å². The fraction of sp³-hybridized carbons (Fsp3) is 0.583. The van der Waals surface area contributed by atoms with Gasteiger partial charge in [-0.2, -0.15) is 0 Å². The predicted molar refractivity (Wildman–Crippen MR) is 85.3 cm³/mol. The van der Waals surface area contributed by atoms with Crippen molar-refractivity contribution < 1.29 is 9.53 Å². The van der Waals surface area contributed by atoms with E-state index in [4.69, 9.17) is 16.3 Å². The van der Waals surface area contributed by atoms with E-state index in [9.17, 15) is 4.79 Å². The molecule has 0 spiro atoms. The van der Waals surface area contributed by atoms with Gasteiger partial charge in [0.05, 0.1) is 21.4 Å². The first kappa shape index (κ1) is 15.8. The zero-order valence-electron chi connectivity index (χ0n) is 10.2. The normalized spacial score (nSPS) is 16.9. The van der Waals surface area contributed by atoms with Crippen molar-refractivity contribution >= 4 is 60.7 Å². The van der Waals surface area contributed by atoms with E-state index in [0.29, 0.717) is 12.5 Å². The number of halogens is 3. The predicted octanol–water partition coefficient (Wildman–Crippen LogP) is 4.13. The molecule has 0 aliphatic carbocycles. The van der Waals surface area contributed by atoms with Gasteiger partial charge in [-0.15, -0.1) is 22.9 Å². The second-order valence-corrected chi connectivity index (χ2v) is 7.89. The molecule has 1 aliphatic rings. The van der Waals surface area contributed by atoms with E-state index in [0.717, 1.165) is 39.1 Å². The van der Waals surface area contributed by atoms with Crippen LogP contribution in [-0.4, -0.2) is 42.5 Å². The first-order valence-corrected chi connectivity index (χ1v) is 8.97. The molecule has 2 rings (SSSR count). The smallest absolute Gasteiger partial charge is 0.264 e. The van der Waals surface area contributed by atoms with Crippen LogP contribution in [0.1, 0.15) is 22.5 Å². The van der Waals surface area contributed by atoms with Gasteiger partial charge in [0.25, 0.3) is 5.91 Å². The Hall–Kier alpha value is 0.380. The number of carbonyl (C=O) groups is 1. The quantitative estimate of drug-likeness (QED) is 0.671. The highest BCUT2D eigenvalue weighted by atomic mass is 79.9. The second-order valence-electron chi connectivity index (χ2n) is 4.28. The third-order valence-corrected chi connectivity index (χ3v) is 6.41. The zero-order chi connectivity index (χ0) is 13.8. The van der Waals surface area contributed by atoms with Gasteiger partial charge in [-0.1, -0.05) is 0 Å². The molecule has 1 amide bonds. The minimum Gasteiger partial charge on any atom is -0.377 e. The number of likely N-dealkylation sites (tertiary alicyclic amines) is 1. The lowest BCUT2D eigenvalue weighted by molar-refractivity contribution is 0.0155. The number of thiophene rings is 1. The third-order valence-electron chi connectivity index (χ3n) is 3.02. The Kier molecular flexibility index (Phi) is 6.14. The Morgan fingerprint density at radius 2 is 2.16 bits per heavy atom. The molecule has 0 radical (unpaired) electrons. The lowest BCUT2D eigenvalue weighted by atomic mass is 10.1. The summed E-state index contributed by atoms with van der Waals surface area (Å²) in [4.78, 5) is 15.0. The number of alkyl halides is 1. The van der Waals surface area contributed by atoms with Crippen LogP contribution in [0.5, 0.6) is 0 Å². The minimum atomic E-state index is 0.104. The molecule has 0 aromatic carbocycles. The maximum atomic E-state index is 12.3. The molecule has 1 saturated heterocycles. The van der Waals surface area contributed by atoms with Crippen LogP contribution in [-0.2, 0) is 4.74 Å². The van der Waals surface area contributed by atoms with Crippen LogP contribution in [0.15, 0.2) is 14.3 Å². The van der Waals surface area contributed by atoms with E-state index < -0.39 is 0 Å². The third kappa shape index (κ3) is 4.17. The molecule has 19 heavy (non-hydrogen) atoms. The average Bonchev–Trinajstić information content (AvgIpc) is 2.76. The van der Waals surface area contributed by atoms with Crippen LogP contribution in [0.2, 0.25) is 0 Å². The SMILES string of the molecule is O=C(c1cc(Br)c(Br)s1)N1CCC(OCCCl)CC1. The minimum absolute atomic E-state index is 0.104. The van der Waals surface area contributed by atoms with E-state index >= 15 is 0 Å². The van der Waals surface area contributed by atoms with Crippen LogP contribution in [0, 0.1) is 0 Å². The van der Waals surface area contributed by atoms with Gasteiger partial charge in [0.1, 0.15) is 0 Å². The van der Waals surface area contributed by atoms with Gasteiger partial charge in [-0.05, 0) is 50.8 Å². The Balaban J connectivity index is 1.89. The van der Waals surface area contributed by atoms with E-state index in [1.165, 1.54) is 11.3 Å². The van der Waals surface area contributed by atoms with E-state index in [2.05, 4.69) is 31.9 Å². The second kappa shape index (κ2) is 7.41. The Morgan fingerprint density at radius 1 is 1.47 bits per heavy atom. The van der Waals surface area contributed by atoms with Gasteiger partial charge in [0, 0.05) is 23.4 Å². The van der Waals surface area contributed by atoms with Crippen molar-refractivity contribution in [3.8, 4) is 0 Å². The topological polar surface area (TPSA) is 29.5 Å². The highest BCUT2D eigenvalue weighted by Gasteiger charge is 2.25. The average molecular weight is 432 g/mol. The number of nitrogens with zero attached hydrogens (tertiary/aromatic N) is 1. The molecule has 0 bridgehead atoms. The number of ether oxygens (including phenoxy) is 1. The molecule has 0 atom stereocenters. The summed E-state index contributed by atoms with van der Waals surface area (Å²) in [5.74, 6) is 0.628. The summed E-state index contributed by atoms with van der Waals surface area (Å²) in [5, 5.41) is 0. The molecular weight excluding hydrogens is 417 g/mol. The molecule has 0 N–H and O–H groups in total. The monoisotopic (exact) mass is 429 g/mol. The van der Waals surface area contributed by atoms with Gasteiger partial charge >= 0.3 is 0 Å². The van der Waals surface area contributed by atoms with Crippen molar-refractivity contribution in [1.29, 1.82) is 0 Å². The maximum Gasteiger partial charge on any atom is 0.264 e. The number of carbonyl (C=O) groups excluding carboxylic acids is 1.